The second kappa shape index (κ2) is 7.57. The lowest BCUT2D eigenvalue weighted by atomic mass is 9.99. The van der Waals surface area contributed by atoms with Gasteiger partial charge >= 0.3 is 0 Å². The van der Waals surface area contributed by atoms with Crippen LogP contribution in [0.4, 0.5) is 0 Å². The third-order valence-electron chi connectivity index (χ3n) is 4.45. The molecule has 3 N–H and O–H groups in total. The predicted octanol–water partition coefficient (Wildman–Crippen LogP) is 5.04. The number of fused-ring (bicyclic) bond motifs is 1. The number of methoxy groups -OCH3 is 1. The minimum Gasteiger partial charge on any atom is -0.497 e. The molecule has 0 unspecified atom stereocenters. The van der Waals surface area contributed by atoms with Gasteiger partial charge in [0.1, 0.15) is 5.75 Å². The summed E-state index contributed by atoms with van der Waals surface area (Å²) in [6.07, 6.45) is 3.15. The largest absolute Gasteiger partial charge is 0.497 e. The molecule has 0 saturated carbocycles. The van der Waals surface area contributed by atoms with Crippen LogP contribution < -0.4 is 10.5 Å². The standard InChI is InChI=1S/C20H23IN2O/c1-13-11-14(24-2)12-17-15(7-5-6-10-22)20(23-19(13)17)16-8-3-4-9-18(16)21/h3-4,8-9,11-12,23H,5-7,10,22H2,1-2H3. The summed E-state index contributed by atoms with van der Waals surface area (Å²) in [5.41, 5.74) is 12.0. The van der Waals surface area contributed by atoms with Crippen LogP contribution in [0.25, 0.3) is 22.2 Å². The predicted molar refractivity (Wildman–Crippen MR) is 110 cm³/mol. The van der Waals surface area contributed by atoms with E-state index in [-0.39, 0.29) is 0 Å². The number of nitrogens with one attached hydrogen (secondary N) is 1. The highest BCUT2D eigenvalue weighted by Crippen LogP contribution is 2.36. The zero-order chi connectivity index (χ0) is 17.1. The minimum atomic E-state index is 0.739. The van der Waals surface area contributed by atoms with Crippen molar-refractivity contribution in [3.05, 3.63) is 51.1 Å². The number of unbranched alkanes of at least 4 members (excludes halogenated alkanes) is 1. The van der Waals surface area contributed by atoms with E-state index in [9.17, 15) is 0 Å². The molecule has 0 aliphatic heterocycles. The third kappa shape index (κ3) is 3.30. The van der Waals surface area contributed by atoms with E-state index in [1.54, 1.807) is 7.11 Å². The first kappa shape index (κ1) is 17.3. The normalized spacial score (nSPS) is 11.2. The molecule has 0 fully saturated rings. The van der Waals surface area contributed by atoms with E-state index in [2.05, 4.69) is 70.9 Å². The number of nitrogens with two attached hydrogens (primary N) is 1. The maximum atomic E-state index is 5.69. The monoisotopic (exact) mass is 434 g/mol. The van der Waals surface area contributed by atoms with Gasteiger partial charge in [-0.05, 0) is 84.6 Å². The summed E-state index contributed by atoms with van der Waals surface area (Å²) in [4.78, 5) is 3.68. The second-order valence-electron chi connectivity index (χ2n) is 6.07. The number of hydrogen-bond donors (Lipinski definition) is 2. The lowest BCUT2D eigenvalue weighted by Crippen LogP contribution is -1.99. The van der Waals surface area contributed by atoms with Crippen molar-refractivity contribution in [1.29, 1.82) is 0 Å². The highest BCUT2D eigenvalue weighted by molar-refractivity contribution is 14.1. The van der Waals surface area contributed by atoms with Crippen LogP contribution in [0.5, 0.6) is 5.75 Å². The van der Waals surface area contributed by atoms with Crippen LogP contribution in [-0.2, 0) is 6.42 Å². The van der Waals surface area contributed by atoms with Crippen molar-refractivity contribution in [2.45, 2.75) is 26.2 Å². The Balaban J connectivity index is 2.21. The van der Waals surface area contributed by atoms with Gasteiger partial charge in [-0.1, -0.05) is 18.2 Å². The van der Waals surface area contributed by atoms with Crippen LogP contribution in [0.15, 0.2) is 36.4 Å². The van der Waals surface area contributed by atoms with Crippen LogP contribution in [-0.4, -0.2) is 18.6 Å². The average Bonchev–Trinajstić information content (AvgIpc) is 2.94. The zero-order valence-corrected chi connectivity index (χ0v) is 16.3. The molecule has 1 heterocycles. The summed E-state index contributed by atoms with van der Waals surface area (Å²) in [5, 5.41) is 1.26. The molecule has 0 atom stereocenters. The van der Waals surface area contributed by atoms with Gasteiger partial charge in [-0.25, -0.2) is 0 Å². The topological polar surface area (TPSA) is 51.0 Å². The summed E-state index contributed by atoms with van der Waals surface area (Å²) in [6.45, 7) is 2.87. The molecule has 3 nitrogen and oxygen atoms in total. The number of benzene rings is 2. The molecule has 24 heavy (non-hydrogen) atoms. The molecule has 4 heteroatoms. The molecule has 0 radical (unpaired) electrons. The zero-order valence-electron chi connectivity index (χ0n) is 14.2. The fraction of sp³-hybridized carbons (Fsp3) is 0.300. The van der Waals surface area contributed by atoms with Gasteiger partial charge in [-0.2, -0.15) is 0 Å². The van der Waals surface area contributed by atoms with Gasteiger partial charge in [0, 0.05) is 20.0 Å². The molecule has 0 amide bonds. The summed E-state index contributed by atoms with van der Waals surface area (Å²) >= 11 is 2.41. The van der Waals surface area contributed by atoms with Crippen molar-refractivity contribution in [2.24, 2.45) is 5.73 Å². The maximum absolute atomic E-state index is 5.69. The molecule has 3 aromatic rings. The number of aromatic amines is 1. The number of ether oxygens (including phenoxy) is 1. The summed E-state index contributed by atoms with van der Waals surface area (Å²) < 4.78 is 6.74. The van der Waals surface area contributed by atoms with Crippen LogP contribution in [0.3, 0.4) is 0 Å². The average molecular weight is 434 g/mol. The van der Waals surface area contributed by atoms with Crippen LogP contribution in [0.2, 0.25) is 0 Å². The molecular formula is C20H23IN2O. The van der Waals surface area contributed by atoms with Crippen LogP contribution in [0.1, 0.15) is 24.0 Å². The Labute approximate surface area is 156 Å². The number of aryl methyl sites for hydroxylation is 2. The first-order chi connectivity index (χ1) is 11.7. The molecule has 3 rings (SSSR count). The van der Waals surface area contributed by atoms with E-state index in [0.29, 0.717) is 0 Å². The highest BCUT2D eigenvalue weighted by atomic mass is 127. The Morgan fingerprint density at radius 2 is 1.96 bits per heavy atom. The van der Waals surface area contributed by atoms with Crippen molar-refractivity contribution in [3.8, 4) is 17.0 Å². The maximum Gasteiger partial charge on any atom is 0.119 e. The van der Waals surface area contributed by atoms with E-state index >= 15 is 0 Å². The van der Waals surface area contributed by atoms with E-state index in [1.807, 2.05) is 0 Å². The molecule has 0 bridgehead atoms. The highest BCUT2D eigenvalue weighted by Gasteiger charge is 2.17. The lowest BCUT2D eigenvalue weighted by molar-refractivity contribution is 0.415. The van der Waals surface area contributed by atoms with Gasteiger partial charge < -0.3 is 15.5 Å². The number of hydrogen-bond acceptors (Lipinski definition) is 2. The van der Waals surface area contributed by atoms with Crippen molar-refractivity contribution < 1.29 is 4.74 Å². The molecule has 2 aromatic carbocycles. The third-order valence-corrected chi connectivity index (χ3v) is 5.39. The smallest absolute Gasteiger partial charge is 0.119 e. The van der Waals surface area contributed by atoms with Gasteiger partial charge in [-0.15, -0.1) is 0 Å². The first-order valence-electron chi connectivity index (χ1n) is 8.30. The SMILES string of the molecule is COc1cc(C)c2[nH]c(-c3ccccc3I)c(CCCCN)c2c1. The van der Waals surface area contributed by atoms with Crippen LogP contribution in [0, 0.1) is 10.5 Å². The van der Waals surface area contributed by atoms with Gasteiger partial charge in [0.05, 0.1) is 12.8 Å². The molecular weight excluding hydrogens is 411 g/mol. The fourth-order valence-electron chi connectivity index (χ4n) is 3.21. The van der Waals surface area contributed by atoms with Crippen molar-refractivity contribution in [1.82, 2.24) is 4.98 Å². The molecule has 0 saturated heterocycles. The molecule has 126 valence electrons. The van der Waals surface area contributed by atoms with Gasteiger partial charge in [0.2, 0.25) is 0 Å². The summed E-state index contributed by atoms with van der Waals surface area (Å²) in [6, 6.07) is 12.7. The number of halogens is 1. The number of H-pyrrole nitrogens is 1. The molecule has 0 spiro atoms. The lowest BCUT2D eigenvalue weighted by Gasteiger charge is -2.07. The van der Waals surface area contributed by atoms with Crippen LogP contribution >= 0.6 is 22.6 Å². The fourth-order valence-corrected chi connectivity index (χ4v) is 3.87. The quantitative estimate of drug-likeness (QED) is 0.422. The van der Waals surface area contributed by atoms with Gasteiger partial charge in [0.25, 0.3) is 0 Å². The second-order valence-corrected chi connectivity index (χ2v) is 7.23. The Morgan fingerprint density at radius 1 is 1.17 bits per heavy atom. The summed E-state index contributed by atoms with van der Waals surface area (Å²) in [5.74, 6) is 0.911. The molecule has 0 aliphatic carbocycles. The Morgan fingerprint density at radius 3 is 2.67 bits per heavy atom. The van der Waals surface area contributed by atoms with Crippen molar-refractivity contribution in [2.75, 3.05) is 13.7 Å². The van der Waals surface area contributed by atoms with E-state index in [1.165, 1.54) is 36.9 Å². The molecule has 0 aliphatic rings. The van der Waals surface area contributed by atoms with Gasteiger partial charge in [-0.3, -0.25) is 0 Å². The van der Waals surface area contributed by atoms with Crippen molar-refractivity contribution in [3.63, 3.8) is 0 Å². The Bertz CT molecular complexity index is 854. The minimum absolute atomic E-state index is 0.739. The summed E-state index contributed by atoms with van der Waals surface area (Å²) in [7, 11) is 1.72. The Hall–Kier alpha value is -1.53. The van der Waals surface area contributed by atoms with Gasteiger partial charge in [0.15, 0.2) is 0 Å². The first-order valence-corrected chi connectivity index (χ1v) is 9.37. The number of rotatable bonds is 6. The van der Waals surface area contributed by atoms with Crippen molar-refractivity contribution >= 4 is 33.5 Å². The number of aromatic nitrogens is 1. The van der Waals surface area contributed by atoms with E-state index in [0.717, 1.165) is 31.6 Å². The van der Waals surface area contributed by atoms with E-state index in [4.69, 9.17) is 10.5 Å². The Kier molecular flexibility index (Phi) is 5.46. The molecule has 1 aromatic heterocycles. The van der Waals surface area contributed by atoms with E-state index < -0.39 is 0 Å².